The second kappa shape index (κ2) is 4.49. The molecule has 11 heavy (non-hydrogen) atoms. The Bertz CT molecular complexity index is 103. The Hall–Kier alpha value is 0.480. The van der Waals surface area contributed by atoms with Gasteiger partial charge in [0.1, 0.15) is 0 Å². The van der Waals surface area contributed by atoms with E-state index < -0.39 is 0 Å². The van der Waals surface area contributed by atoms with E-state index in [4.69, 9.17) is 0 Å². The Labute approximate surface area is 78.9 Å². The summed E-state index contributed by atoms with van der Waals surface area (Å²) in [6, 6.07) is 0. The molecule has 1 aliphatic carbocycles. The normalized spacial score (nSPS) is 35.2. The highest BCUT2D eigenvalue weighted by Gasteiger charge is 2.21. The lowest BCUT2D eigenvalue weighted by atomic mass is 9.78. The predicted molar refractivity (Wildman–Crippen MR) is 54.1 cm³/mol. The van der Waals surface area contributed by atoms with E-state index in [2.05, 4.69) is 29.8 Å². The van der Waals surface area contributed by atoms with E-state index in [-0.39, 0.29) is 0 Å². The van der Waals surface area contributed by atoms with E-state index >= 15 is 0 Å². The smallest absolute Gasteiger partial charge is 0.00596 e. The van der Waals surface area contributed by atoms with Gasteiger partial charge in [-0.15, -0.1) is 0 Å². The second-order valence-electron chi connectivity index (χ2n) is 4.15. The molecule has 0 aromatic heterocycles. The molecule has 1 rings (SSSR count). The molecule has 1 fully saturated rings. The third-order valence-corrected chi connectivity index (χ3v) is 4.13. The summed E-state index contributed by atoms with van der Waals surface area (Å²) in [6.07, 6.45) is 5.85. The van der Waals surface area contributed by atoms with Crippen molar-refractivity contribution in [3.63, 3.8) is 0 Å². The molecule has 0 aliphatic heterocycles. The fourth-order valence-corrected chi connectivity index (χ4v) is 2.51. The largest absolute Gasteiger partial charge is 0.0925 e. The van der Waals surface area contributed by atoms with Crippen LogP contribution in [0.25, 0.3) is 0 Å². The molecule has 0 radical (unpaired) electrons. The molecule has 0 N–H and O–H groups in total. The molecule has 1 unspecified atom stereocenters. The summed E-state index contributed by atoms with van der Waals surface area (Å²) in [6.45, 7) is 4.75. The molecular weight excluding hydrogens is 200 g/mol. The van der Waals surface area contributed by atoms with Gasteiger partial charge < -0.3 is 0 Å². The molecule has 0 saturated heterocycles. The number of hydrogen-bond donors (Lipinski definition) is 0. The Balaban J connectivity index is 2.27. The van der Waals surface area contributed by atoms with Crippen LogP contribution >= 0.6 is 15.9 Å². The highest BCUT2D eigenvalue weighted by molar-refractivity contribution is 9.09. The van der Waals surface area contributed by atoms with Crippen LogP contribution < -0.4 is 0 Å². The average molecular weight is 219 g/mol. The summed E-state index contributed by atoms with van der Waals surface area (Å²) in [5.41, 5.74) is 0. The van der Waals surface area contributed by atoms with Gasteiger partial charge in [-0.2, -0.15) is 0 Å². The number of hydrogen-bond acceptors (Lipinski definition) is 0. The van der Waals surface area contributed by atoms with E-state index in [9.17, 15) is 0 Å². The van der Waals surface area contributed by atoms with E-state index in [1.54, 1.807) is 0 Å². The summed E-state index contributed by atoms with van der Waals surface area (Å²) in [4.78, 5) is 0. The van der Waals surface area contributed by atoms with E-state index in [0.29, 0.717) is 0 Å². The van der Waals surface area contributed by atoms with Crippen molar-refractivity contribution in [2.45, 2.75) is 39.5 Å². The second-order valence-corrected chi connectivity index (χ2v) is 4.80. The maximum absolute atomic E-state index is 3.57. The fraction of sp³-hybridized carbons (Fsp3) is 1.00. The Morgan fingerprint density at radius 2 is 1.82 bits per heavy atom. The minimum absolute atomic E-state index is 0.891. The van der Waals surface area contributed by atoms with Crippen LogP contribution in [0.4, 0.5) is 0 Å². The van der Waals surface area contributed by atoms with E-state index in [1.807, 2.05) is 0 Å². The quantitative estimate of drug-likeness (QED) is 0.619. The van der Waals surface area contributed by atoms with Crippen LogP contribution in [0, 0.1) is 17.8 Å². The molecular formula is C10H19Br. The summed E-state index contributed by atoms with van der Waals surface area (Å²) in [5, 5.41) is 1.19. The van der Waals surface area contributed by atoms with Gasteiger partial charge >= 0.3 is 0 Å². The van der Waals surface area contributed by atoms with Crippen molar-refractivity contribution in [3.8, 4) is 0 Å². The zero-order chi connectivity index (χ0) is 8.27. The van der Waals surface area contributed by atoms with Crippen molar-refractivity contribution >= 4 is 15.9 Å². The molecule has 1 saturated carbocycles. The number of rotatable bonds is 2. The SMILES string of the molecule is CC1CCC(C(C)CBr)CC1. The van der Waals surface area contributed by atoms with Gasteiger partial charge in [-0.1, -0.05) is 42.6 Å². The molecule has 0 aromatic carbocycles. The first kappa shape index (κ1) is 9.57. The molecule has 0 spiro atoms. The first-order valence-electron chi connectivity index (χ1n) is 4.80. The van der Waals surface area contributed by atoms with Crippen LogP contribution in [0.2, 0.25) is 0 Å². The topological polar surface area (TPSA) is 0 Å². The maximum atomic E-state index is 3.57. The van der Waals surface area contributed by atoms with Crippen molar-refractivity contribution < 1.29 is 0 Å². The van der Waals surface area contributed by atoms with Crippen LogP contribution in [-0.2, 0) is 0 Å². The molecule has 0 aromatic rings. The number of halogens is 1. The average Bonchev–Trinajstić information content (AvgIpc) is 2.05. The van der Waals surface area contributed by atoms with Crippen LogP contribution in [0.3, 0.4) is 0 Å². The van der Waals surface area contributed by atoms with Crippen molar-refractivity contribution in [1.82, 2.24) is 0 Å². The van der Waals surface area contributed by atoms with Crippen LogP contribution in [0.15, 0.2) is 0 Å². The molecule has 0 heterocycles. The van der Waals surface area contributed by atoms with E-state index in [1.165, 1.54) is 31.0 Å². The van der Waals surface area contributed by atoms with Crippen molar-refractivity contribution in [3.05, 3.63) is 0 Å². The van der Waals surface area contributed by atoms with Gasteiger partial charge in [0.05, 0.1) is 0 Å². The lowest BCUT2D eigenvalue weighted by molar-refractivity contribution is 0.238. The zero-order valence-corrected chi connectivity index (χ0v) is 9.23. The van der Waals surface area contributed by atoms with Crippen LogP contribution in [0.1, 0.15) is 39.5 Å². The Morgan fingerprint density at radius 3 is 2.27 bits per heavy atom. The van der Waals surface area contributed by atoms with Gasteiger partial charge in [-0.05, 0) is 30.6 Å². The third kappa shape index (κ3) is 2.77. The first-order chi connectivity index (χ1) is 5.24. The van der Waals surface area contributed by atoms with Gasteiger partial charge in [0.15, 0.2) is 0 Å². The summed E-state index contributed by atoms with van der Waals surface area (Å²) >= 11 is 3.57. The maximum Gasteiger partial charge on any atom is 0.00596 e. The summed E-state index contributed by atoms with van der Waals surface area (Å²) in [7, 11) is 0. The Morgan fingerprint density at radius 1 is 1.27 bits per heavy atom. The van der Waals surface area contributed by atoms with Gasteiger partial charge in [-0.3, -0.25) is 0 Å². The zero-order valence-electron chi connectivity index (χ0n) is 7.65. The van der Waals surface area contributed by atoms with Crippen molar-refractivity contribution in [2.24, 2.45) is 17.8 Å². The summed E-state index contributed by atoms with van der Waals surface area (Å²) in [5.74, 6) is 2.89. The predicted octanol–water partition coefficient (Wildman–Crippen LogP) is 3.84. The molecule has 0 bridgehead atoms. The molecule has 1 atom stereocenters. The highest BCUT2D eigenvalue weighted by Crippen LogP contribution is 2.33. The lowest BCUT2D eigenvalue weighted by Gasteiger charge is -2.29. The first-order valence-corrected chi connectivity index (χ1v) is 5.92. The lowest BCUT2D eigenvalue weighted by Crippen LogP contribution is -2.19. The third-order valence-electron chi connectivity index (χ3n) is 3.11. The molecule has 1 aliphatic rings. The van der Waals surface area contributed by atoms with Crippen LogP contribution in [-0.4, -0.2) is 5.33 Å². The molecule has 0 amide bonds. The minimum atomic E-state index is 0.891. The van der Waals surface area contributed by atoms with Gasteiger partial charge in [-0.25, -0.2) is 0 Å². The molecule has 0 nitrogen and oxygen atoms in total. The Kier molecular flexibility index (Phi) is 3.91. The van der Waals surface area contributed by atoms with Gasteiger partial charge in [0.25, 0.3) is 0 Å². The van der Waals surface area contributed by atoms with Crippen molar-refractivity contribution in [2.75, 3.05) is 5.33 Å². The highest BCUT2D eigenvalue weighted by atomic mass is 79.9. The molecule has 1 heteroatoms. The van der Waals surface area contributed by atoms with Crippen molar-refractivity contribution in [1.29, 1.82) is 0 Å². The monoisotopic (exact) mass is 218 g/mol. The van der Waals surface area contributed by atoms with Gasteiger partial charge in [0, 0.05) is 5.33 Å². The standard InChI is InChI=1S/C10H19Br/c1-8-3-5-10(6-4-8)9(2)7-11/h8-10H,3-7H2,1-2H3. The summed E-state index contributed by atoms with van der Waals surface area (Å²) < 4.78 is 0. The molecule has 66 valence electrons. The number of alkyl halides is 1. The van der Waals surface area contributed by atoms with E-state index in [0.717, 1.165) is 17.8 Å². The minimum Gasteiger partial charge on any atom is -0.0925 e. The van der Waals surface area contributed by atoms with Gasteiger partial charge in [0.2, 0.25) is 0 Å². The fourth-order valence-electron chi connectivity index (χ4n) is 1.98. The van der Waals surface area contributed by atoms with Crippen LogP contribution in [0.5, 0.6) is 0 Å².